The minimum atomic E-state index is -0.789. The molecule has 0 bridgehead atoms. The molecule has 2 N–H and O–H groups in total. The number of carbonyl (C=O) groups excluding carboxylic acids is 1. The van der Waals surface area contributed by atoms with Crippen molar-refractivity contribution in [2.75, 3.05) is 0 Å². The average Bonchev–Trinajstić information content (AvgIpc) is 2.79. The van der Waals surface area contributed by atoms with E-state index in [9.17, 15) is 15.0 Å². The number of rotatable bonds is 0. The van der Waals surface area contributed by atoms with Gasteiger partial charge in [0.2, 0.25) is 0 Å². The number of Topliss-reactive ketones (excluding diaryl/α,β-unsaturated/α-hetero) is 1. The Morgan fingerprint density at radius 3 is 2.37 bits per heavy atom. The summed E-state index contributed by atoms with van der Waals surface area (Å²) >= 11 is 0. The molecule has 0 radical (unpaired) electrons. The summed E-state index contributed by atoms with van der Waals surface area (Å²) in [7, 11) is 0. The first-order valence-corrected chi connectivity index (χ1v) is 5.29. The summed E-state index contributed by atoms with van der Waals surface area (Å²) in [6.45, 7) is 0. The van der Waals surface area contributed by atoms with Gasteiger partial charge in [-0.15, -0.1) is 17.0 Å². The van der Waals surface area contributed by atoms with Crippen molar-refractivity contribution in [1.82, 2.24) is 5.06 Å². The Bertz CT molecular complexity index is 599. The fraction of sp³-hybridized carbons (Fsp3) is 0. The van der Waals surface area contributed by atoms with E-state index in [-0.39, 0.29) is 17.0 Å². The number of hydrogen-bond acceptors (Lipinski definition) is 5. The van der Waals surface area contributed by atoms with Crippen molar-refractivity contribution in [1.29, 1.82) is 0 Å². The van der Waals surface area contributed by atoms with Crippen molar-refractivity contribution in [2.24, 2.45) is 0 Å². The molecule has 2 heterocycles. The Kier molecular flexibility index (Phi) is 3.35. The molecule has 0 aromatic heterocycles. The van der Waals surface area contributed by atoms with E-state index in [1.54, 1.807) is 17.3 Å². The molecule has 3 aliphatic rings. The molecule has 0 unspecified atom stereocenters. The quantitative estimate of drug-likeness (QED) is 0.716. The van der Waals surface area contributed by atoms with Gasteiger partial charge in [-0.3, -0.25) is 4.79 Å². The Morgan fingerprint density at radius 2 is 1.74 bits per heavy atom. The van der Waals surface area contributed by atoms with E-state index in [4.69, 9.17) is 4.84 Å². The van der Waals surface area contributed by atoms with Crippen molar-refractivity contribution in [3.05, 3.63) is 71.2 Å². The fourth-order valence-corrected chi connectivity index (χ4v) is 1.78. The molecule has 0 aromatic rings. The molecule has 5 nitrogen and oxygen atoms in total. The number of aliphatic hydroxyl groups is 2. The van der Waals surface area contributed by atoms with Gasteiger partial charge in [-0.1, -0.05) is 6.08 Å². The molecule has 0 saturated heterocycles. The summed E-state index contributed by atoms with van der Waals surface area (Å²) in [5.41, 5.74) is 1.27. The molecule has 0 aromatic carbocycles. The standard InChI is InChI=1S/C13H9NO4.BrH/c15-10-5-8(6-11(16)13(10)17)12-7-9-3-1-2-4-14(9)18-12;/h1-7,15-16H;1H. The van der Waals surface area contributed by atoms with E-state index in [0.717, 1.165) is 5.70 Å². The predicted molar refractivity (Wildman–Crippen MR) is 73.1 cm³/mol. The number of allylic oxidation sites excluding steroid dienone is 7. The second kappa shape index (κ2) is 4.81. The molecule has 98 valence electrons. The summed E-state index contributed by atoms with van der Waals surface area (Å²) in [6.07, 6.45) is 11.6. The molecule has 0 fully saturated rings. The van der Waals surface area contributed by atoms with Crippen LogP contribution in [0.15, 0.2) is 71.2 Å². The van der Waals surface area contributed by atoms with Crippen molar-refractivity contribution in [3.63, 3.8) is 0 Å². The van der Waals surface area contributed by atoms with Crippen LogP contribution in [-0.4, -0.2) is 21.1 Å². The lowest BCUT2D eigenvalue weighted by atomic mass is 10.0. The third-order valence-electron chi connectivity index (χ3n) is 2.66. The number of nitrogens with zero attached hydrogens (tertiary/aromatic N) is 1. The summed E-state index contributed by atoms with van der Waals surface area (Å²) in [5.74, 6) is -1.35. The number of fused-ring (bicyclic) bond motifs is 1. The lowest BCUT2D eigenvalue weighted by Gasteiger charge is -2.16. The molecular weight excluding hydrogens is 314 g/mol. The maximum atomic E-state index is 11.2. The third-order valence-corrected chi connectivity index (χ3v) is 2.66. The summed E-state index contributed by atoms with van der Waals surface area (Å²) in [6, 6.07) is 0. The van der Waals surface area contributed by atoms with E-state index < -0.39 is 17.3 Å². The van der Waals surface area contributed by atoms with Gasteiger partial charge in [0.25, 0.3) is 5.78 Å². The van der Waals surface area contributed by atoms with E-state index in [1.807, 2.05) is 18.2 Å². The molecular formula is C13H10BrNO4. The van der Waals surface area contributed by atoms with Crippen LogP contribution in [0.2, 0.25) is 0 Å². The molecule has 0 saturated carbocycles. The largest absolute Gasteiger partial charge is 0.504 e. The first-order valence-electron chi connectivity index (χ1n) is 5.29. The highest BCUT2D eigenvalue weighted by atomic mass is 79.9. The van der Waals surface area contributed by atoms with Crippen LogP contribution in [-0.2, 0) is 9.63 Å². The van der Waals surface area contributed by atoms with Crippen LogP contribution in [0.25, 0.3) is 0 Å². The second-order valence-corrected chi connectivity index (χ2v) is 3.89. The SMILES string of the molecule is Br.O=C1C(O)=CC(=C2C=C3C=CC=CN3O2)C=C1O. The normalized spacial score (nSPS) is 20.3. The van der Waals surface area contributed by atoms with E-state index in [2.05, 4.69) is 0 Å². The maximum absolute atomic E-state index is 11.2. The zero-order valence-corrected chi connectivity index (χ0v) is 11.3. The molecule has 2 aliphatic heterocycles. The molecule has 0 atom stereocenters. The average molecular weight is 324 g/mol. The van der Waals surface area contributed by atoms with Gasteiger partial charge in [0.05, 0.1) is 5.70 Å². The van der Waals surface area contributed by atoms with Gasteiger partial charge in [0.1, 0.15) is 0 Å². The highest BCUT2D eigenvalue weighted by Gasteiger charge is 2.25. The van der Waals surface area contributed by atoms with Crippen LogP contribution >= 0.6 is 17.0 Å². The Morgan fingerprint density at radius 1 is 1.05 bits per heavy atom. The smallest absolute Gasteiger partial charge is 0.261 e. The lowest BCUT2D eigenvalue weighted by molar-refractivity contribution is -0.117. The van der Waals surface area contributed by atoms with Crippen LogP contribution in [0.4, 0.5) is 0 Å². The Balaban J connectivity index is 0.00000133. The van der Waals surface area contributed by atoms with Gasteiger partial charge in [-0.05, 0) is 24.3 Å². The zero-order chi connectivity index (χ0) is 12.7. The first kappa shape index (κ1) is 13.2. The van der Waals surface area contributed by atoms with Gasteiger partial charge in [0, 0.05) is 17.8 Å². The molecule has 1 aliphatic carbocycles. The topological polar surface area (TPSA) is 70.0 Å². The molecule has 0 amide bonds. The van der Waals surface area contributed by atoms with Gasteiger partial charge in [-0.2, -0.15) is 5.06 Å². The van der Waals surface area contributed by atoms with E-state index in [1.165, 1.54) is 12.2 Å². The number of halogens is 1. The van der Waals surface area contributed by atoms with Crippen molar-refractivity contribution < 1.29 is 19.8 Å². The highest BCUT2D eigenvalue weighted by Crippen LogP contribution is 2.30. The van der Waals surface area contributed by atoms with Crippen LogP contribution in [0.5, 0.6) is 0 Å². The molecule has 0 spiro atoms. The van der Waals surface area contributed by atoms with Crippen molar-refractivity contribution >= 4 is 22.8 Å². The van der Waals surface area contributed by atoms with Crippen molar-refractivity contribution in [2.45, 2.75) is 0 Å². The first-order chi connectivity index (χ1) is 8.65. The summed E-state index contributed by atoms with van der Waals surface area (Å²) in [5, 5.41) is 20.3. The monoisotopic (exact) mass is 323 g/mol. The maximum Gasteiger partial charge on any atom is 0.261 e. The van der Waals surface area contributed by atoms with Gasteiger partial charge < -0.3 is 15.1 Å². The van der Waals surface area contributed by atoms with Crippen LogP contribution in [0, 0.1) is 0 Å². The molecule has 19 heavy (non-hydrogen) atoms. The lowest BCUT2D eigenvalue weighted by Crippen LogP contribution is -2.12. The van der Waals surface area contributed by atoms with Gasteiger partial charge in [0.15, 0.2) is 17.3 Å². The highest BCUT2D eigenvalue weighted by molar-refractivity contribution is 8.93. The van der Waals surface area contributed by atoms with Gasteiger partial charge in [-0.25, -0.2) is 0 Å². The van der Waals surface area contributed by atoms with E-state index >= 15 is 0 Å². The summed E-state index contributed by atoms with van der Waals surface area (Å²) in [4.78, 5) is 16.7. The van der Waals surface area contributed by atoms with Gasteiger partial charge >= 0.3 is 0 Å². The Hall–Kier alpha value is -2.21. The van der Waals surface area contributed by atoms with Crippen LogP contribution in [0.1, 0.15) is 0 Å². The molecule has 3 rings (SSSR count). The number of hydroxylamine groups is 2. The molecule has 6 heteroatoms. The number of aliphatic hydroxyl groups excluding tert-OH is 2. The predicted octanol–water partition coefficient (Wildman–Crippen LogP) is 2.50. The summed E-state index contributed by atoms with van der Waals surface area (Å²) < 4.78 is 0. The number of hydrogen-bond donors (Lipinski definition) is 2. The number of ketones is 1. The zero-order valence-electron chi connectivity index (χ0n) is 9.61. The fourth-order valence-electron chi connectivity index (χ4n) is 1.78. The minimum absolute atomic E-state index is 0. The minimum Gasteiger partial charge on any atom is -0.504 e. The Labute approximate surface area is 119 Å². The second-order valence-electron chi connectivity index (χ2n) is 3.89. The number of carbonyl (C=O) groups is 1. The van der Waals surface area contributed by atoms with Crippen LogP contribution in [0.3, 0.4) is 0 Å². The van der Waals surface area contributed by atoms with E-state index in [0.29, 0.717) is 11.3 Å². The van der Waals surface area contributed by atoms with Crippen LogP contribution < -0.4 is 0 Å². The third kappa shape index (κ3) is 2.22. The van der Waals surface area contributed by atoms with Crippen molar-refractivity contribution in [3.8, 4) is 0 Å².